The number of hydrogen-bond acceptors (Lipinski definition) is 5. The van der Waals surface area contributed by atoms with Crippen molar-refractivity contribution >= 4 is 11.8 Å². The molecule has 0 spiro atoms. The molecule has 2 heterocycles. The van der Waals surface area contributed by atoms with E-state index in [1.165, 1.54) is 0 Å². The summed E-state index contributed by atoms with van der Waals surface area (Å²) in [6.07, 6.45) is 0.336. The van der Waals surface area contributed by atoms with Crippen molar-refractivity contribution in [2.45, 2.75) is 6.42 Å². The Morgan fingerprint density at radius 1 is 0.906 bits per heavy atom. The van der Waals surface area contributed by atoms with Gasteiger partial charge in [0.15, 0.2) is 0 Å². The predicted molar refractivity (Wildman–Crippen MR) is 120 cm³/mol. The van der Waals surface area contributed by atoms with Gasteiger partial charge in [0.1, 0.15) is 17.2 Å². The van der Waals surface area contributed by atoms with Gasteiger partial charge in [-0.2, -0.15) is 5.10 Å². The Morgan fingerprint density at radius 2 is 1.59 bits per heavy atom. The average Bonchev–Trinajstić information content (AvgIpc) is 3.34. The number of carbonyl (C=O) groups excluding carboxylic acids is 2. The molecular formula is C24H26N4O4. The number of piperazine rings is 1. The number of benzene rings is 2. The van der Waals surface area contributed by atoms with Crippen molar-refractivity contribution in [3.05, 3.63) is 65.9 Å². The molecule has 1 fully saturated rings. The number of methoxy groups -OCH3 is 2. The zero-order chi connectivity index (χ0) is 22.5. The van der Waals surface area contributed by atoms with Crippen LogP contribution in [0.25, 0.3) is 11.3 Å². The number of rotatable bonds is 6. The molecule has 2 aromatic carbocycles. The summed E-state index contributed by atoms with van der Waals surface area (Å²) in [5, 5.41) is 7.12. The smallest absolute Gasteiger partial charge is 0.272 e. The van der Waals surface area contributed by atoms with Crippen molar-refractivity contribution in [3.63, 3.8) is 0 Å². The van der Waals surface area contributed by atoms with Crippen LogP contribution in [0.4, 0.5) is 0 Å². The van der Waals surface area contributed by atoms with E-state index in [0.717, 1.165) is 22.6 Å². The lowest BCUT2D eigenvalue weighted by Crippen LogP contribution is -2.51. The first-order valence-corrected chi connectivity index (χ1v) is 10.5. The molecule has 1 aliphatic rings. The fraction of sp³-hybridized carbons (Fsp3) is 0.292. The summed E-state index contributed by atoms with van der Waals surface area (Å²) in [7, 11) is 3.23. The number of nitrogens with one attached hydrogen (secondary N) is 1. The Morgan fingerprint density at radius 3 is 2.28 bits per heavy atom. The van der Waals surface area contributed by atoms with Gasteiger partial charge < -0.3 is 19.3 Å². The molecule has 8 heteroatoms. The molecule has 0 unspecified atom stereocenters. The molecule has 0 atom stereocenters. The molecule has 1 N–H and O–H groups in total. The molecule has 0 saturated carbocycles. The van der Waals surface area contributed by atoms with Crippen molar-refractivity contribution in [1.82, 2.24) is 20.0 Å². The van der Waals surface area contributed by atoms with Gasteiger partial charge >= 0.3 is 0 Å². The molecule has 8 nitrogen and oxygen atoms in total. The fourth-order valence-electron chi connectivity index (χ4n) is 3.72. The van der Waals surface area contributed by atoms with E-state index >= 15 is 0 Å². The van der Waals surface area contributed by atoms with E-state index in [9.17, 15) is 9.59 Å². The lowest BCUT2D eigenvalue weighted by Gasteiger charge is -2.34. The van der Waals surface area contributed by atoms with Crippen molar-refractivity contribution in [1.29, 1.82) is 0 Å². The molecule has 4 rings (SSSR count). The van der Waals surface area contributed by atoms with Gasteiger partial charge in [-0.15, -0.1) is 0 Å². The van der Waals surface area contributed by atoms with Crippen LogP contribution in [0.3, 0.4) is 0 Å². The van der Waals surface area contributed by atoms with E-state index in [4.69, 9.17) is 9.47 Å². The number of nitrogens with zero attached hydrogens (tertiary/aromatic N) is 3. The minimum absolute atomic E-state index is 0.0594. The Kier molecular flexibility index (Phi) is 6.39. The maximum Gasteiger partial charge on any atom is 0.272 e. The molecule has 166 valence electrons. The van der Waals surface area contributed by atoms with E-state index in [1.54, 1.807) is 25.2 Å². The van der Waals surface area contributed by atoms with Gasteiger partial charge in [0.25, 0.3) is 5.91 Å². The second-order valence-electron chi connectivity index (χ2n) is 7.60. The highest BCUT2D eigenvalue weighted by atomic mass is 16.5. The highest BCUT2D eigenvalue weighted by molar-refractivity contribution is 5.93. The molecule has 1 aliphatic heterocycles. The summed E-state index contributed by atoms with van der Waals surface area (Å²) >= 11 is 0. The normalized spacial score (nSPS) is 13.7. The van der Waals surface area contributed by atoms with Crippen LogP contribution in [0, 0.1) is 0 Å². The van der Waals surface area contributed by atoms with Crippen LogP contribution in [-0.2, 0) is 11.2 Å². The minimum atomic E-state index is -0.117. The van der Waals surface area contributed by atoms with E-state index < -0.39 is 0 Å². The summed E-state index contributed by atoms with van der Waals surface area (Å²) in [6.45, 7) is 2.00. The van der Waals surface area contributed by atoms with Crippen LogP contribution >= 0.6 is 0 Å². The molecule has 0 radical (unpaired) electrons. The Hall–Kier alpha value is -3.81. The van der Waals surface area contributed by atoms with Crippen LogP contribution in [0.5, 0.6) is 11.5 Å². The second kappa shape index (κ2) is 9.55. The van der Waals surface area contributed by atoms with Crippen molar-refractivity contribution in [2.75, 3.05) is 40.4 Å². The molecule has 1 aromatic heterocycles. The Balaban J connectivity index is 1.33. The number of hydrogen-bond donors (Lipinski definition) is 1. The Bertz CT molecular complexity index is 1090. The first kappa shape index (κ1) is 21.4. The molecule has 0 aliphatic carbocycles. The van der Waals surface area contributed by atoms with E-state index in [1.807, 2.05) is 53.4 Å². The van der Waals surface area contributed by atoms with E-state index in [0.29, 0.717) is 44.0 Å². The van der Waals surface area contributed by atoms with Crippen LogP contribution in [-0.4, -0.2) is 72.2 Å². The van der Waals surface area contributed by atoms with Gasteiger partial charge in [-0.05, 0) is 35.9 Å². The third-order valence-corrected chi connectivity index (χ3v) is 5.61. The van der Waals surface area contributed by atoms with Gasteiger partial charge in [-0.25, -0.2) is 0 Å². The summed E-state index contributed by atoms with van der Waals surface area (Å²) in [5.41, 5.74) is 2.92. The first-order valence-electron chi connectivity index (χ1n) is 10.5. The maximum atomic E-state index is 12.9. The van der Waals surface area contributed by atoms with Gasteiger partial charge in [-0.1, -0.05) is 24.3 Å². The van der Waals surface area contributed by atoms with Crippen molar-refractivity contribution in [3.8, 4) is 22.8 Å². The zero-order valence-electron chi connectivity index (χ0n) is 18.2. The summed E-state index contributed by atoms with van der Waals surface area (Å²) in [6, 6.07) is 16.8. The first-order chi connectivity index (χ1) is 15.6. The monoisotopic (exact) mass is 434 g/mol. The highest BCUT2D eigenvalue weighted by Gasteiger charge is 2.26. The summed E-state index contributed by atoms with van der Waals surface area (Å²) in [5.74, 6) is 1.44. The van der Waals surface area contributed by atoms with Gasteiger partial charge in [0, 0.05) is 31.7 Å². The molecule has 3 aromatic rings. The highest BCUT2D eigenvalue weighted by Crippen LogP contribution is 2.23. The minimum Gasteiger partial charge on any atom is -0.497 e. The maximum absolute atomic E-state index is 12.9. The standard InChI is InChI=1S/C24H26N4O4/c1-31-19-8-6-17(7-9-19)14-23(29)27-10-12-28(13-11-27)24(30)22-16-21(25-26-22)18-4-3-5-20(15-18)32-2/h3-9,15-16H,10-14H2,1-2H3,(H,25,26). The Labute approximate surface area is 186 Å². The van der Waals surface area contributed by atoms with Crippen LogP contribution < -0.4 is 9.47 Å². The molecule has 32 heavy (non-hydrogen) atoms. The van der Waals surface area contributed by atoms with Crippen LogP contribution in [0.2, 0.25) is 0 Å². The van der Waals surface area contributed by atoms with Crippen molar-refractivity contribution in [2.24, 2.45) is 0 Å². The van der Waals surface area contributed by atoms with Crippen LogP contribution in [0.15, 0.2) is 54.6 Å². The van der Waals surface area contributed by atoms with E-state index in [2.05, 4.69) is 10.2 Å². The van der Waals surface area contributed by atoms with Gasteiger partial charge in [0.05, 0.1) is 26.3 Å². The number of aromatic nitrogens is 2. The number of carbonyl (C=O) groups is 2. The topological polar surface area (TPSA) is 87.8 Å². The number of H-pyrrole nitrogens is 1. The SMILES string of the molecule is COc1ccc(CC(=O)N2CCN(C(=O)c3cc(-c4cccc(OC)c4)n[nH]3)CC2)cc1. The molecular weight excluding hydrogens is 408 g/mol. The second-order valence-corrected chi connectivity index (χ2v) is 7.60. The average molecular weight is 434 g/mol. The van der Waals surface area contributed by atoms with Gasteiger partial charge in [0.2, 0.25) is 5.91 Å². The molecule has 2 amide bonds. The lowest BCUT2D eigenvalue weighted by atomic mass is 10.1. The van der Waals surface area contributed by atoms with Crippen molar-refractivity contribution < 1.29 is 19.1 Å². The lowest BCUT2D eigenvalue weighted by molar-refractivity contribution is -0.131. The summed E-state index contributed by atoms with van der Waals surface area (Å²) < 4.78 is 10.4. The fourth-order valence-corrected chi connectivity index (χ4v) is 3.72. The zero-order valence-corrected chi connectivity index (χ0v) is 18.2. The quantitative estimate of drug-likeness (QED) is 0.644. The number of ether oxygens (including phenoxy) is 2. The third-order valence-electron chi connectivity index (χ3n) is 5.61. The summed E-state index contributed by atoms with van der Waals surface area (Å²) in [4.78, 5) is 29.1. The number of aromatic amines is 1. The molecule has 0 bridgehead atoms. The largest absolute Gasteiger partial charge is 0.497 e. The third kappa shape index (κ3) is 4.74. The van der Waals surface area contributed by atoms with E-state index in [-0.39, 0.29) is 11.8 Å². The van der Waals surface area contributed by atoms with Crippen LogP contribution in [0.1, 0.15) is 16.1 Å². The molecule has 1 saturated heterocycles. The number of amides is 2. The van der Waals surface area contributed by atoms with Gasteiger partial charge in [-0.3, -0.25) is 14.7 Å². The predicted octanol–water partition coefficient (Wildman–Crippen LogP) is 2.62.